The molecule has 4 nitrogen and oxygen atoms in total. The summed E-state index contributed by atoms with van der Waals surface area (Å²) in [6.45, 7) is 0.150. The SMILES string of the molecule is O=S(=O)(NCc1sccc1Br)c1cncc(F)c1. The summed E-state index contributed by atoms with van der Waals surface area (Å²) in [6, 6.07) is 2.76. The molecule has 0 aliphatic heterocycles. The molecule has 2 aromatic heterocycles. The zero-order valence-electron chi connectivity index (χ0n) is 8.93. The van der Waals surface area contributed by atoms with Crippen molar-refractivity contribution in [1.29, 1.82) is 0 Å². The third kappa shape index (κ3) is 3.14. The summed E-state index contributed by atoms with van der Waals surface area (Å²) < 4.78 is 39.9. The minimum atomic E-state index is -3.74. The van der Waals surface area contributed by atoms with E-state index in [0.29, 0.717) is 0 Å². The average Bonchev–Trinajstić information content (AvgIpc) is 2.72. The Labute approximate surface area is 116 Å². The predicted octanol–water partition coefficient (Wildman–Crippen LogP) is 2.52. The lowest BCUT2D eigenvalue weighted by Crippen LogP contribution is -2.23. The minimum absolute atomic E-state index is 0.150. The summed E-state index contributed by atoms with van der Waals surface area (Å²) in [5.41, 5.74) is 0. The quantitative estimate of drug-likeness (QED) is 0.921. The van der Waals surface area contributed by atoms with Gasteiger partial charge in [-0.1, -0.05) is 0 Å². The molecule has 2 rings (SSSR count). The van der Waals surface area contributed by atoms with Crippen LogP contribution in [-0.2, 0) is 16.6 Å². The largest absolute Gasteiger partial charge is 0.260 e. The van der Waals surface area contributed by atoms with Crippen molar-refractivity contribution in [2.24, 2.45) is 0 Å². The molecular formula is C10H8BrFN2O2S2. The average molecular weight is 351 g/mol. The number of aromatic nitrogens is 1. The van der Waals surface area contributed by atoms with Gasteiger partial charge in [0.05, 0.1) is 6.20 Å². The Morgan fingerprint density at radius 1 is 1.44 bits per heavy atom. The maximum absolute atomic E-state index is 12.9. The molecule has 96 valence electrons. The summed E-state index contributed by atoms with van der Waals surface area (Å²) in [4.78, 5) is 4.18. The molecule has 1 N–H and O–H groups in total. The van der Waals surface area contributed by atoms with Crippen LogP contribution >= 0.6 is 27.3 Å². The molecule has 0 aliphatic carbocycles. The Bertz CT molecular complexity index is 657. The van der Waals surface area contributed by atoms with E-state index in [-0.39, 0.29) is 11.4 Å². The number of sulfonamides is 1. The van der Waals surface area contributed by atoms with E-state index < -0.39 is 15.8 Å². The Kier molecular flexibility index (Phi) is 4.10. The lowest BCUT2D eigenvalue weighted by molar-refractivity contribution is 0.576. The molecule has 0 bridgehead atoms. The van der Waals surface area contributed by atoms with E-state index in [1.54, 1.807) is 0 Å². The normalized spacial score (nSPS) is 11.7. The van der Waals surface area contributed by atoms with E-state index in [2.05, 4.69) is 25.6 Å². The number of halogens is 2. The molecule has 0 radical (unpaired) electrons. The second-order valence-electron chi connectivity index (χ2n) is 3.36. The van der Waals surface area contributed by atoms with Gasteiger partial charge < -0.3 is 0 Å². The van der Waals surface area contributed by atoms with Crippen LogP contribution in [0.2, 0.25) is 0 Å². The molecule has 18 heavy (non-hydrogen) atoms. The summed E-state index contributed by atoms with van der Waals surface area (Å²) in [6.07, 6.45) is 2.06. The molecule has 0 amide bonds. The van der Waals surface area contributed by atoms with Crippen LogP contribution in [0, 0.1) is 5.82 Å². The molecule has 0 saturated carbocycles. The van der Waals surface area contributed by atoms with Crippen molar-refractivity contribution in [3.63, 3.8) is 0 Å². The van der Waals surface area contributed by atoms with Crippen molar-refractivity contribution < 1.29 is 12.8 Å². The molecule has 0 unspecified atom stereocenters. The van der Waals surface area contributed by atoms with Gasteiger partial charge in [0.1, 0.15) is 10.7 Å². The highest BCUT2D eigenvalue weighted by Crippen LogP contribution is 2.22. The van der Waals surface area contributed by atoms with Crippen molar-refractivity contribution >= 4 is 37.3 Å². The van der Waals surface area contributed by atoms with Crippen LogP contribution in [0.25, 0.3) is 0 Å². The molecule has 0 fully saturated rings. The van der Waals surface area contributed by atoms with Crippen molar-refractivity contribution in [3.05, 3.63) is 45.1 Å². The predicted molar refractivity (Wildman–Crippen MR) is 70.2 cm³/mol. The summed E-state index contributed by atoms with van der Waals surface area (Å²) >= 11 is 4.73. The van der Waals surface area contributed by atoms with E-state index in [4.69, 9.17) is 0 Å². The second-order valence-corrected chi connectivity index (χ2v) is 6.98. The van der Waals surface area contributed by atoms with Gasteiger partial charge in [-0.25, -0.2) is 17.5 Å². The maximum atomic E-state index is 12.9. The van der Waals surface area contributed by atoms with Crippen molar-refractivity contribution in [3.8, 4) is 0 Å². The number of hydrogen-bond donors (Lipinski definition) is 1. The molecule has 2 aromatic rings. The smallest absolute Gasteiger partial charge is 0.242 e. The van der Waals surface area contributed by atoms with E-state index in [9.17, 15) is 12.8 Å². The fourth-order valence-corrected chi connectivity index (χ4v) is 3.73. The lowest BCUT2D eigenvalue weighted by Gasteiger charge is -2.05. The number of pyridine rings is 1. The molecule has 8 heteroatoms. The highest BCUT2D eigenvalue weighted by Gasteiger charge is 2.15. The standard InChI is InChI=1S/C10H8BrFN2O2S2/c11-9-1-2-17-10(9)6-14-18(15,16)8-3-7(12)4-13-5-8/h1-5,14H,6H2. The van der Waals surface area contributed by atoms with E-state index >= 15 is 0 Å². The van der Waals surface area contributed by atoms with Crippen molar-refractivity contribution in [2.75, 3.05) is 0 Å². The van der Waals surface area contributed by atoms with Gasteiger partial charge in [0.25, 0.3) is 0 Å². The zero-order valence-corrected chi connectivity index (χ0v) is 12.1. The van der Waals surface area contributed by atoms with Gasteiger partial charge in [0, 0.05) is 22.1 Å². The molecule has 0 aromatic carbocycles. The first-order valence-corrected chi connectivity index (χ1v) is 7.97. The summed E-state index contributed by atoms with van der Waals surface area (Å²) in [7, 11) is -3.74. The van der Waals surface area contributed by atoms with Gasteiger partial charge in [-0.2, -0.15) is 0 Å². The zero-order chi connectivity index (χ0) is 13.2. The van der Waals surface area contributed by atoms with Gasteiger partial charge in [0.15, 0.2) is 0 Å². The van der Waals surface area contributed by atoms with Crippen LogP contribution < -0.4 is 4.72 Å². The lowest BCUT2D eigenvalue weighted by atomic mass is 10.5. The molecule has 0 aliphatic rings. The first-order valence-electron chi connectivity index (χ1n) is 4.81. The van der Waals surface area contributed by atoms with Crippen LogP contribution in [0.1, 0.15) is 4.88 Å². The second kappa shape index (κ2) is 5.43. The molecule has 0 saturated heterocycles. The topological polar surface area (TPSA) is 59.1 Å². The molecular weight excluding hydrogens is 343 g/mol. The van der Waals surface area contributed by atoms with Gasteiger partial charge in [-0.15, -0.1) is 11.3 Å². The Morgan fingerprint density at radius 2 is 2.22 bits per heavy atom. The van der Waals surface area contributed by atoms with E-state index in [1.165, 1.54) is 11.3 Å². The number of thiophene rings is 1. The van der Waals surface area contributed by atoms with Crippen LogP contribution in [0.5, 0.6) is 0 Å². The van der Waals surface area contributed by atoms with Crippen LogP contribution in [0.4, 0.5) is 4.39 Å². The van der Waals surface area contributed by atoms with E-state index in [1.807, 2.05) is 11.4 Å². The van der Waals surface area contributed by atoms with Gasteiger partial charge >= 0.3 is 0 Å². The fraction of sp³-hybridized carbons (Fsp3) is 0.100. The molecule has 0 spiro atoms. The maximum Gasteiger partial charge on any atom is 0.242 e. The van der Waals surface area contributed by atoms with Gasteiger partial charge in [0.2, 0.25) is 10.0 Å². The highest BCUT2D eigenvalue weighted by molar-refractivity contribution is 9.10. The highest BCUT2D eigenvalue weighted by atomic mass is 79.9. The van der Waals surface area contributed by atoms with Gasteiger partial charge in [-0.3, -0.25) is 4.98 Å². The van der Waals surface area contributed by atoms with Crippen molar-refractivity contribution in [1.82, 2.24) is 9.71 Å². The first kappa shape index (κ1) is 13.6. The number of nitrogens with zero attached hydrogens (tertiary/aromatic N) is 1. The number of hydrogen-bond acceptors (Lipinski definition) is 4. The van der Waals surface area contributed by atoms with Crippen LogP contribution in [0.15, 0.2) is 39.3 Å². The number of rotatable bonds is 4. The minimum Gasteiger partial charge on any atom is -0.260 e. The molecule has 0 atom stereocenters. The van der Waals surface area contributed by atoms with Gasteiger partial charge in [-0.05, 0) is 33.4 Å². The van der Waals surface area contributed by atoms with Crippen LogP contribution in [-0.4, -0.2) is 13.4 Å². The Balaban J connectivity index is 2.16. The first-order chi connectivity index (χ1) is 8.49. The third-order valence-electron chi connectivity index (χ3n) is 2.10. The van der Waals surface area contributed by atoms with Crippen LogP contribution in [0.3, 0.4) is 0 Å². The Morgan fingerprint density at radius 3 is 2.83 bits per heavy atom. The monoisotopic (exact) mass is 350 g/mol. The van der Waals surface area contributed by atoms with Crippen molar-refractivity contribution in [2.45, 2.75) is 11.4 Å². The Hall–Kier alpha value is -0.830. The molecule has 2 heterocycles. The number of nitrogens with one attached hydrogen (secondary N) is 1. The fourth-order valence-electron chi connectivity index (χ4n) is 1.23. The third-order valence-corrected chi connectivity index (χ3v) is 5.40. The summed E-state index contributed by atoms with van der Waals surface area (Å²) in [5.74, 6) is -0.685. The van der Waals surface area contributed by atoms with E-state index in [0.717, 1.165) is 27.8 Å². The summed E-state index contributed by atoms with van der Waals surface area (Å²) in [5, 5.41) is 1.84.